The van der Waals surface area contributed by atoms with Crippen molar-refractivity contribution >= 4 is 48.6 Å². The summed E-state index contributed by atoms with van der Waals surface area (Å²) in [6.45, 7) is 0. The van der Waals surface area contributed by atoms with E-state index >= 15 is 0 Å². The van der Waals surface area contributed by atoms with E-state index in [1.807, 2.05) is 11.3 Å². The molecule has 0 saturated heterocycles. The lowest BCUT2D eigenvalue weighted by molar-refractivity contribution is 0.768. The van der Waals surface area contributed by atoms with E-state index in [2.05, 4.69) is 205 Å². The predicted octanol–water partition coefficient (Wildman–Crippen LogP) is 13.6. The van der Waals surface area contributed by atoms with Crippen molar-refractivity contribution in [3.05, 3.63) is 222 Å². The van der Waals surface area contributed by atoms with Crippen LogP contribution in [-0.2, 0) is 5.41 Å². The second-order valence-electron chi connectivity index (χ2n) is 13.3. The normalized spacial score (nSPS) is 12.9. The Morgan fingerprint density at radius 3 is 1.59 bits per heavy atom. The van der Waals surface area contributed by atoms with Crippen LogP contribution in [0.5, 0.6) is 0 Å². The number of para-hydroxylation sites is 1. The molecule has 0 amide bonds. The first-order chi connectivity index (χ1) is 25.3. The van der Waals surface area contributed by atoms with Gasteiger partial charge in [-0.1, -0.05) is 146 Å². The minimum Gasteiger partial charge on any atom is -0.310 e. The molecule has 51 heavy (non-hydrogen) atoms. The highest BCUT2D eigenvalue weighted by atomic mass is 32.1. The van der Waals surface area contributed by atoms with E-state index in [0.717, 1.165) is 17.1 Å². The Bertz CT molecular complexity index is 2650. The second-order valence-corrected chi connectivity index (χ2v) is 14.4. The first-order valence-electron chi connectivity index (χ1n) is 17.5. The van der Waals surface area contributed by atoms with Crippen molar-refractivity contribution in [2.75, 3.05) is 4.90 Å². The van der Waals surface area contributed by atoms with E-state index in [0.29, 0.717) is 0 Å². The third-order valence-corrected chi connectivity index (χ3v) is 11.7. The lowest BCUT2D eigenvalue weighted by Gasteiger charge is -2.35. The molecule has 1 nitrogen and oxygen atoms in total. The summed E-state index contributed by atoms with van der Waals surface area (Å²) in [5, 5.41) is 2.57. The summed E-state index contributed by atoms with van der Waals surface area (Å²) >= 11 is 1.86. The highest BCUT2D eigenvalue weighted by molar-refractivity contribution is 7.25. The topological polar surface area (TPSA) is 3.24 Å². The van der Waals surface area contributed by atoms with Crippen LogP contribution in [0.25, 0.3) is 42.4 Å². The number of hydrogen-bond acceptors (Lipinski definition) is 2. The molecule has 0 saturated carbocycles. The minimum atomic E-state index is -0.464. The number of benzene rings is 8. The minimum absolute atomic E-state index is 0.464. The molecular weight excluding hydrogens is 635 g/mol. The van der Waals surface area contributed by atoms with Gasteiger partial charge < -0.3 is 4.90 Å². The third-order valence-electron chi connectivity index (χ3n) is 10.5. The molecule has 2 heteroatoms. The lowest BCUT2D eigenvalue weighted by atomic mass is 9.67. The number of hydrogen-bond donors (Lipinski definition) is 0. The van der Waals surface area contributed by atoms with Gasteiger partial charge in [0.1, 0.15) is 0 Å². The number of anilines is 3. The Kier molecular flexibility index (Phi) is 6.97. The van der Waals surface area contributed by atoms with Gasteiger partial charge in [0.05, 0.1) is 5.41 Å². The molecule has 1 aromatic heterocycles. The Hall–Kier alpha value is -6.22. The summed E-state index contributed by atoms with van der Waals surface area (Å²) in [7, 11) is 0. The van der Waals surface area contributed by atoms with E-state index in [9.17, 15) is 0 Å². The van der Waals surface area contributed by atoms with Gasteiger partial charge in [-0.3, -0.25) is 0 Å². The zero-order valence-corrected chi connectivity index (χ0v) is 28.7. The van der Waals surface area contributed by atoms with Gasteiger partial charge >= 0.3 is 0 Å². The molecule has 10 rings (SSSR count). The van der Waals surface area contributed by atoms with E-state index in [-0.39, 0.29) is 0 Å². The van der Waals surface area contributed by atoms with E-state index in [1.165, 1.54) is 64.7 Å². The molecule has 0 bridgehead atoms. The monoisotopic (exact) mass is 667 g/mol. The van der Waals surface area contributed by atoms with E-state index < -0.39 is 5.41 Å². The fraction of sp³-hybridized carbons (Fsp3) is 0.0204. The van der Waals surface area contributed by atoms with Gasteiger partial charge in [-0.25, -0.2) is 0 Å². The fourth-order valence-electron chi connectivity index (χ4n) is 8.33. The Balaban J connectivity index is 1.19. The maximum Gasteiger partial charge on any atom is 0.0714 e. The lowest BCUT2D eigenvalue weighted by Crippen LogP contribution is -2.28. The Morgan fingerprint density at radius 2 is 0.882 bits per heavy atom. The number of rotatable bonds is 6. The molecule has 0 aliphatic heterocycles. The van der Waals surface area contributed by atoms with E-state index in [4.69, 9.17) is 0 Å². The van der Waals surface area contributed by atoms with Crippen molar-refractivity contribution in [2.45, 2.75) is 5.41 Å². The number of nitrogens with zero attached hydrogens (tertiary/aromatic N) is 1. The molecule has 0 unspecified atom stereocenters. The van der Waals surface area contributed by atoms with Crippen LogP contribution in [0.4, 0.5) is 17.1 Å². The average Bonchev–Trinajstić information content (AvgIpc) is 3.72. The maximum atomic E-state index is 2.42. The van der Waals surface area contributed by atoms with Crippen molar-refractivity contribution in [1.29, 1.82) is 0 Å². The van der Waals surface area contributed by atoms with Crippen molar-refractivity contribution in [1.82, 2.24) is 0 Å². The Morgan fingerprint density at radius 1 is 0.353 bits per heavy atom. The largest absolute Gasteiger partial charge is 0.310 e. The molecule has 0 atom stereocenters. The third kappa shape index (κ3) is 4.68. The molecule has 0 spiro atoms. The maximum absolute atomic E-state index is 2.42. The van der Waals surface area contributed by atoms with Gasteiger partial charge in [-0.2, -0.15) is 0 Å². The smallest absolute Gasteiger partial charge is 0.0714 e. The summed E-state index contributed by atoms with van der Waals surface area (Å²) in [6.07, 6.45) is 0. The molecule has 0 N–H and O–H groups in total. The summed E-state index contributed by atoms with van der Waals surface area (Å²) in [5.74, 6) is 0. The zero-order valence-electron chi connectivity index (χ0n) is 27.9. The van der Waals surface area contributed by atoms with Gasteiger partial charge in [0, 0.05) is 37.2 Å². The second kappa shape index (κ2) is 12.0. The van der Waals surface area contributed by atoms with Gasteiger partial charge in [0.25, 0.3) is 0 Å². The highest BCUT2D eigenvalue weighted by Crippen LogP contribution is 2.56. The van der Waals surface area contributed by atoms with E-state index in [1.54, 1.807) is 0 Å². The highest BCUT2D eigenvalue weighted by Gasteiger charge is 2.46. The molecule has 9 aromatic rings. The Labute approximate surface area is 302 Å². The van der Waals surface area contributed by atoms with Crippen LogP contribution in [0, 0.1) is 0 Å². The molecule has 0 radical (unpaired) electrons. The molecule has 8 aromatic carbocycles. The quantitative estimate of drug-likeness (QED) is 0.171. The average molecular weight is 668 g/mol. The SMILES string of the molecule is c1ccc(-c2ccc3sc4ccc(N(c5ccccc5)c5cccc(C6(c7ccccc7)c7ccccc7-c7ccccc76)c5)cc4c3c2)cc1. The first kappa shape index (κ1) is 29.7. The van der Waals surface area contributed by atoms with Crippen molar-refractivity contribution in [2.24, 2.45) is 0 Å². The molecule has 0 fully saturated rings. The first-order valence-corrected chi connectivity index (χ1v) is 18.3. The standard InChI is InChI=1S/C49H33NS/c1-4-15-34(16-5-1)35-27-29-47-43(31-35)44-33-40(28-30-48(44)51-47)50(38-20-8-3-9-21-38)39-22-14-19-37(32-39)49(36-17-6-2-7-18-36)45-25-12-10-23-41(45)42-24-11-13-26-46(42)49/h1-33H. The van der Waals surface area contributed by atoms with Gasteiger partial charge in [0.2, 0.25) is 0 Å². The molecular formula is C49H33NS. The van der Waals surface area contributed by atoms with Crippen LogP contribution in [0.3, 0.4) is 0 Å². The molecule has 240 valence electrons. The molecule has 1 aliphatic rings. The van der Waals surface area contributed by atoms with Crippen molar-refractivity contribution < 1.29 is 0 Å². The van der Waals surface area contributed by atoms with Gasteiger partial charge in [0.15, 0.2) is 0 Å². The van der Waals surface area contributed by atoms with Crippen LogP contribution >= 0.6 is 11.3 Å². The van der Waals surface area contributed by atoms with Crippen molar-refractivity contribution in [3.63, 3.8) is 0 Å². The summed E-state index contributed by atoms with van der Waals surface area (Å²) in [5.41, 5.74) is 13.2. The van der Waals surface area contributed by atoms with Gasteiger partial charge in [-0.15, -0.1) is 11.3 Å². The van der Waals surface area contributed by atoms with Crippen LogP contribution < -0.4 is 4.90 Å². The summed E-state index contributed by atoms with van der Waals surface area (Å²) < 4.78 is 2.60. The van der Waals surface area contributed by atoms with Crippen LogP contribution in [-0.4, -0.2) is 0 Å². The van der Waals surface area contributed by atoms with Crippen LogP contribution in [0.15, 0.2) is 200 Å². The number of thiophene rings is 1. The van der Waals surface area contributed by atoms with Crippen LogP contribution in [0.1, 0.15) is 22.3 Å². The molecule has 1 heterocycles. The fourth-order valence-corrected chi connectivity index (χ4v) is 9.40. The van der Waals surface area contributed by atoms with Gasteiger partial charge in [-0.05, 0) is 99.1 Å². The zero-order chi connectivity index (χ0) is 33.8. The number of fused-ring (bicyclic) bond motifs is 6. The molecule has 1 aliphatic carbocycles. The predicted molar refractivity (Wildman–Crippen MR) is 217 cm³/mol. The summed E-state index contributed by atoms with van der Waals surface area (Å²) in [4.78, 5) is 2.42. The summed E-state index contributed by atoms with van der Waals surface area (Å²) in [6, 6.07) is 73.5. The van der Waals surface area contributed by atoms with Crippen molar-refractivity contribution in [3.8, 4) is 22.3 Å². The van der Waals surface area contributed by atoms with Crippen LogP contribution in [0.2, 0.25) is 0 Å².